The number of aliphatic hydroxyl groups is 5. The fourth-order valence-electron chi connectivity index (χ4n) is 10.6. The third kappa shape index (κ3) is 44.2. The molecule has 80 heavy (non-hydrogen) atoms. The second-order valence-electron chi connectivity index (χ2n) is 23.5. The van der Waals surface area contributed by atoms with E-state index in [9.17, 15) is 35.1 Å². The van der Waals surface area contributed by atoms with E-state index < -0.39 is 67.4 Å². The molecule has 0 aromatic carbocycles. The van der Waals surface area contributed by atoms with Crippen LogP contribution in [0.3, 0.4) is 0 Å². The summed E-state index contributed by atoms with van der Waals surface area (Å²) in [4.78, 5) is 26.6. The zero-order chi connectivity index (χ0) is 58.2. The van der Waals surface area contributed by atoms with Crippen LogP contribution in [0, 0.1) is 0 Å². The fraction of sp³-hybridized carbons (Fsp3) is 0.855. The highest BCUT2D eigenvalue weighted by Gasteiger charge is 2.47. The molecule has 1 amide bonds. The highest BCUT2D eigenvalue weighted by Crippen LogP contribution is 2.26. The number of unbranched alkanes of at least 4 members (excludes halogenated alkanes) is 38. The van der Waals surface area contributed by atoms with E-state index in [2.05, 4.69) is 62.5 Å². The van der Waals surface area contributed by atoms with E-state index in [1.54, 1.807) is 6.08 Å². The summed E-state index contributed by atoms with van der Waals surface area (Å²) in [6.45, 7) is 5.70. The first kappa shape index (κ1) is 75.6. The normalized spacial score (nSPS) is 19.0. The second kappa shape index (κ2) is 57.1. The van der Waals surface area contributed by atoms with Crippen molar-refractivity contribution in [2.45, 2.75) is 365 Å². The molecule has 1 aliphatic rings. The van der Waals surface area contributed by atoms with Gasteiger partial charge in [0.1, 0.15) is 24.4 Å². The summed E-state index contributed by atoms with van der Waals surface area (Å²) in [5.74, 6) is -1.19. The van der Waals surface area contributed by atoms with Gasteiger partial charge in [-0.3, -0.25) is 9.59 Å². The molecule has 0 bridgehead atoms. The maximum absolute atomic E-state index is 13.4. The maximum atomic E-state index is 13.4. The van der Waals surface area contributed by atoms with Gasteiger partial charge >= 0.3 is 5.97 Å². The average molecular weight is 1130 g/mol. The molecule has 1 rings (SSSR count). The van der Waals surface area contributed by atoms with Crippen molar-refractivity contribution >= 4 is 11.9 Å². The number of nitrogens with one attached hydrogen (secondary N) is 1. The Morgan fingerprint density at radius 3 is 1.35 bits per heavy atom. The van der Waals surface area contributed by atoms with E-state index in [1.807, 2.05) is 6.08 Å². The zero-order valence-corrected chi connectivity index (χ0v) is 52.0. The standard InChI is InChI=1S/C69H127NO10/c1-4-7-10-13-16-19-22-25-26-27-28-29-30-31-32-33-34-35-36-39-42-45-48-51-54-57-64(74)80-67-66(76)65(75)63(58-71)79-69(67)78-59-60(61(72)55-52-49-46-43-40-37-23-20-17-14-11-8-5-2)70-68(77)62(73)56-53-50-47-44-41-38-24-21-18-15-12-9-6-3/h9,12,18,21,25-26,52,55,60-63,65-67,69,71-73,75-76H,4-8,10-11,13-17,19-20,22-24,27-51,53-54,56-59H2,1-3H3,(H,70,77)/b12-9+,21-18+,26-25+,55-52+. The van der Waals surface area contributed by atoms with E-state index in [-0.39, 0.29) is 19.4 Å². The molecule has 468 valence electrons. The zero-order valence-electron chi connectivity index (χ0n) is 52.0. The lowest BCUT2D eigenvalue weighted by atomic mass is 9.99. The summed E-state index contributed by atoms with van der Waals surface area (Å²) < 4.78 is 17.7. The summed E-state index contributed by atoms with van der Waals surface area (Å²) >= 11 is 0. The topological polar surface area (TPSA) is 175 Å². The quantitative estimate of drug-likeness (QED) is 0.0195. The van der Waals surface area contributed by atoms with Crippen LogP contribution < -0.4 is 5.32 Å². The number of allylic oxidation sites excluding steroid dienone is 7. The van der Waals surface area contributed by atoms with Crippen molar-refractivity contribution in [2.24, 2.45) is 0 Å². The molecule has 8 atom stereocenters. The summed E-state index contributed by atoms with van der Waals surface area (Å²) in [5, 5.41) is 57.1. The van der Waals surface area contributed by atoms with Crippen molar-refractivity contribution < 1.29 is 49.3 Å². The van der Waals surface area contributed by atoms with Crippen LogP contribution in [0.4, 0.5) is 0 Å². The number of esters is 1. The molecule has 1 heterocycles. The number of amides is 1. The van der Waals surface area contributed by atoms with Gasteiger partial charge in [-0.15, -0.1) is 0 Å². The van der Waals surface area contributed by atoms with Crippen molar-refractivity contribution in [1.29, 1.82) is 0 Å². The van der Waals surface area contributed by atoms with Crippen LogP contribution >= 0.6 is 0 Å². The molecule has 1 saturated heterocycles. The highest BCUT2D eigenvalue weighted by molar-refractivity contribution is 5.80. The highest BCUT2D eigenvalue weighted by atomic mass is 16.7. The molecule has 11 heteroatoms. The molecule has 0 aliphatic carbocycles. The Kier molecular flexibility index (Phi) is 54.0. The van der Waals surface area contributed by atoms with Gasteiger partial charge in [-0.2, -0.15) is 0 Å². The number of ether oxygens (including phenoxy) is 3. The van der Waals surface area contributed by atoms with Crippen LogP contribution in [-0.4, -0.2) is 99.6 Å². The van der Waals surface area contributed by atoms with Gasteiger partial charge < -0.3 is 45.1 Å². The minimum absolute atomic E-state index is 0.125. The molecular formula is C69H127NO10. The molecule has 0 aromatic rings. The molecule has 11 nitrogen and oxygen atoms in total. The maximum Gasteiger partial charge on any atom is 0.306 e. The fourth-order valence-corrected chi connectivity index (χ4v) is 10.6. The lowest BCUT2D eigenvalue weighted by Gasteiger charge is -2.41. The SMILES string of the molecule is CC/C=C/C/C=C/CCCCCCCCC(O)C(=O)NC(COC1OC(CO)C(O)C(O)C1OC(=O)CCCCCCCCCCCCCCCCC/C=C/CCCCCCCC)C(O)/C=C/CCCCCCCCCCCCC. The van der Waals surface area contributed by atoms with Gasteiger partial charge in [0, 0.05) is 6.42 Å². The Morgan fingerprint density at radius 2 is 0.900 bits per heavy atom. The molecular weight excluding hydrogens is 1000 g/mol. The Hall–Kier alpha value is -2.38. The van der Waals surface area contributed by atoms with Crippen molar-refractivity contribution in [1.82, 2.24) is 5.32 Å². The van der Waals surface area contributed by atoms with Crippen LogP contribution in [0.15, 0.2) is 48.6 Å². The Labute approximate surface area is 491 Å². The molecule has 6 N–H and O–H groups in total. The lowest BCUT2D eigenvalue weighted by Crippen LogP contribution is -2.61. The monoisotopic (exact) mass is 1130 g/mol. The van der Waals surface area contributed by atoms with E-state index in [4.69, 9.17) is 14.2 Å². The third-order valence-electron chi connectivity index (χ3n) is 16.0. The number of rotatable bonds is 58. The van der Waals surface area contributed by atoms with E-state index in [0.717, 1.165) is 89.9 Å². The third-order valence-corrected chi connectivity index (χ3v) is 16.0. The Bertz CT molecular complexity index is 1490. The van der Waals surface area contributed by atoms with Crippen LogP contribution in [0.2, 0.25) is 0 Å². The summed E-state index contributed by atoms with van der Waals surface area (Å²) in [5.41, 5.74) is 0. The van der Waals surface area contributed by atoms with Crippen LogP contribution in [0.1, 0.15) is 316 Å². The van der Waals surface area contributed by atoms with Gasteiger partial charge in [0.2, 0.25) is 5.91 Å². The minimum Gasteiger partial charge on any atom is -0.454 e. The van der Waals surface area contributed by atoms with Gasteiger partial charge in [0.25, 0.3) is 0 Å². The molecule has 0 aromatic heterocycles. The van der Waals surface area contributed by atoms with Crippen LogP contribution in [0.5, 0.6) is 0 Å². The number of hydrogen-bond acceptors (Lipinski definition) is 10. The van der Waals surface area contributed by atoms with Gasteiger partial charge in [0.05, 0.1) is 25.4 Å². The van der Waals surface area contributed by atoms with Crippen molar-refractivity contribution in [3.63, 3.8) is 0 Å². The Balaban J connectivity index is 2.57. The molecule has 8 unspecified atom stereocenters. The first-order valence-corrected chi connectivity index (χ1v) is 33.9. The summed E-state index contributed by atoms with van der Waals surface area (Å²) in [6.07, 6.45) is 60.2. The molecule has 0 radical (unpaired) electrons. The number of hydrogen-bond donors (Lipinski definition) is 6. The molecule has 1 fully saturated rings. The largest absolute Gasteiger partial charge is 0.454 e. The minimum atomic E-state index is -1.61. The smallest absolute Gasteiger partial charge is 0.306 e. The molecule has 0 spiro atoms. The predicted octanol–water partition coefficient (Wildman–Crippen LogP) is 16.8. The molecule has 1 aliphatic heterocycles. The van der Waals surface area contributed by atoms with E-state index >= 15 is 0 Å². The summed E-state index contributed by atoms with van der Waals surface area (Å²) in [7, 11) is 0. The van der Waals surface area contributed by atoms with E-state index in [0.29, 0.717) is 12.8 Å². The lowest BCUT2D eigenvalue weighted by molar-refractivity contribution is -0.305. The number of carbonyl (C=O) groups excluding carboxylic acids is 2. The van der Waals surface area contributed by atoms with Crippen molar-refractivity contribution in [3.8, 4) is 0 Å². The Morgan fingerprint density at radius 1 is 0.500 bits per heavy atom. The van der Waals surface area contributed by atoms with Crippen molar-refractivity contribution in [3.05, 3.63) is 48.6 Å². The van der Waals surface area contributed by atoms with Crippen molar-refractivity contribution in [2.75, 3.05) is 13.2 Å². The second-order valence-corrected chi connectivity index (χ2v) is 23.5. The molecule has 0 saturated carbocycles. The van der Waals surface area contributed by atoms with Gasteiger partial charge in [-0.1, -0.05) is 281 Å². The number of aliphatic hydroxyl groups excluding tert-OH is 5. The van der Waals surface area contributed by atoms with Gasteiger partial charge in [-0.25, -0.2) is 0 Å². The van der Waals surface area contributed by atoms with Gasteiger partial charge in [-0.05, 0) is 77.0 Å². The van der Waals surface area contributed by atoms with Crippen LogP contribution in [0.25, 0.3) is 0 Å². The van der Waals surface area contributed by atoms with E-state index in [1.165, 1.54) is 180 Å². The average Bonchev–Trinajstić information content (AvgIpc) is 3.45. The first-order chi connectivity index (χ1) is 39.2. The number of carbonyl (C=O) groups is 2. The summed E-state index contributed by atoms with van der Waals surface area (Å²) in [6, 6.07) is -1.03. The van der Waals surface area contributed by atoms with Crippen LogP contribution in [-0.2, 0) is 23.8 Å². The van der Waals surface area contributed by atoms with Gasteiger partial charge in [0.15, 0.2) is 12.4 Å². The first-order valence-electron chi connectivity index (χ1n) is 33.9. The predicted molar refractivity (Wildman–Crippen MR) is 334 cm³/mol.